The molecule has 0 fully saturated rings. The van der Waals surface area contributed by atoms with Crippen molar-refractivity contribution >= 4 is 11.9 Å². The number of nitrogens with zero attached hydrogens (tertiary/aromatic N) is 2. The molecule has 1 aromatic carbocycles. The first-order valence-electron chi connectivity index (χ1n) is 4.01. The maximum absolute atomic E-state index is 11.5. The van der Waals surface area contributed by atoms with E-state index in [0.717, 1.165) is 0 Å². The van der Waals surface area contributed by atoms with Gasteiger partial charge in [0.2, 0.25) is 12.3 Å². The Hall–Kier alpha value is -2.17. The molecule has 69 valence electrons. The van der Waals surface area contributed by atoms with Gasteiger partial charge in [-0.15, -0.1) is 10.2 Å². The molecule has 2 N–H and O–H groups in total. The minimum Gasteiger partial charge on any atom is -0.304 e. The quantitative estimate of drug-likeness (QED) is 0.732. The number of hydrogen-bond acceptors (Lipinski definition) is 3. The van der Waals surface area contributed by atoms with Crippen LogP contribution in [0.3, 0.4) is 0 Å². The summed E-state index contributed by atoms with van der Waals surface area (Å²) in [7, 11) is 0. The van der Waals surface area contributed by atoms with Crippen LogP contribution in [0.1, 0.15) is 10.4 Å². The van der Waals surface area contributed by atoms with Gasteiger partial charge in [-0.3, -0.25) is 10.1 Å². The zero-order chi connectivity index (χ0) is 9.80. The van der Waals surface area contributed by atoms with Crippen LogP contribution in [0, 0.1) is 6.33 Å². The maximum atomic E-state index is 11.5. The van der Waals surface area contributed by atoms with E-state index >= 15 is 0 Å². The maximum Gasteiger partial charge on any atom is 0.258 e. The van der Waals surface area contributed by atoms with Crippen LogP contribution in [0.5, 0.6) is 0 Å². The molecule has 5 nitrogen and oxygen atoms in total. The Morgan fingerprint density at radius 3 is 2.79 bits per heavy atom. The zero-order valence-electron chi connectivity index (χ0n) is 7.19. The number of rotatable bonds is 2. The number of amides is 1. The van der Waals surface area contributed by atoms with Crippen molar-refractivity contribution in [2.24, 2.45) is 0 Å². The van der Waals surface area contributed by atoms with Crippen molar-refractivity contribution in [3.05, 3.63) is 42.2 Å². The van der Waals surface area contributed by atoms with Gasteiger partial charge in [-0.1, -0.05) is 18.2 Å². The predicted molar refractivity (Wildman–Crippen MR) is 49.6 cm³/mol. The van der Waals surface area contributed by atoms with Crippen molar-refractivity contribution in [2.45, 2.75) is 0 Å². The highest BCUT2D eigenvalue weighted by atomic mass is 16.1. The Morgan fingerprint density at radius 2 is 2.14 bits per heavy atom. The van der Waals surface area contributed by atoms with Gasteiger partial charge in [0.15, 0.2) is 0 Å². The summed E-state index contributed by atoms with van der Waals surface area (Å²) in [6.07, 6.45) is 2.39. The average molecular weight is 187 g/mol. The van der Waals surface area contributed by atoms with E-state index in [-0.39, 0.29) is 5.91 Å². The smallest absolute Gasteiger partial charge is 0.258 e. The third kappa shape index (κ3) is 1.77. The van der Waals surface area contributed by atoms with Gasteiger partial charge >= 0.3 is 0 Å². The van der Waals surface area contributed by atoms with E-state index in [0.29, 0.717) is 11.5 Å². The lowest BCUT2D eigenvalue weighted by Crippen LogP contribution is -2.12. The fourth-order valence-electron chi connectivity index (χ4n) is 1.00. The molecular formula is C9H7N4O. The van der Waals surface area contributed by atoms with Crippen LogP contribution >= 0.6 is 0 Å². The summed E-state index contributed by atoms with van der Waals surface area (Å²) in [5, 5.41) is 9.55. The zero-order valence-corrected chi connectivity index (χ0v) is 7.19. The van der Waals surface area contributed by atoms with Crippen molar-refractivity contribution in [3.63, 3.8) is 0 Å². The highest BCUT2D eigenvalue weighted by molar-refractivity contribution is 6.03. The fraction of sp³-hybridized carbons (Fsp3) is 0. The number of anilines is 1. The molecule has 1 amide bonds. The number of carbonyl (C=O) groups is 1. The van der Waals surface area contributed by atoms with Gasteiger partial charge in [0.25, 0.3) is 5.91 Å². The van der Waals surface area contributed by atoms with Crippen LogP contribution in [0.2, 0.25) is 0 Å². The van der Waals surface area contributed by atoms with Gasteiger partial charge in [-0.05, 0) is 12.1 Å². The number of aromatic nitrogens is 3. The molecule has 5 heteroatoms. The minimum absolute atomic E-state index is 0.226. The topological polar surface area (TPSA) is 70.7 Å². The largest absolute Gasteiger partial charge is 0.304 e. The van der Waals surface area contributed by atoms with Gasteiger partial charge in [0.1, 0.15) is 0 Å². The van der Waals surface area contributed by atoms with E-state index in [1.165, 1.54) is 0 Å². The number of aromatic amines is 1. The lowest BCUT2D eigenvalue weighted by atomic mass is 10.2. The van der Waals surface area contributed by atoms with Crippen LogP contribution in [0.4, 0.5) is 5.95 Å². The van der Waals surface area contributed by atoms with E-state index in [2.05, 4.69) is 26.8 Å². The summed E-state index contributed by atoms with van der Waals surface area (Å²) < 4.78 is 0. The summed E-state index contributed by atoms with van der Waals surface area (Å²) in [4.78, 5) is 14.1. The van der Waals surface area contributed by atoms with Gasteiger partial charge in [0, 0.05) is 5.56 Å². The molecule has 1 radical (unpaired) electrons. The predicted octanol–water partition coefficient (Wildman–Crippen LogP) is 0.857. The minimum atomic E-state index is -0.226. The molecule has 14 heavy (non-hydrogen) atoms. The summed E-state index contributed by atoms with van der Waals surface area (Å²) in [5.74, 6) is 0.0644. The van der Waals surface area contributed by atoms with Crippen LogP contribution in [0.25, 0.3) is 0 Å². The number of H-pyrrole nitrogens is 1. The molecule has 0 saturated carbocycles. The second kappa shape index (κ2) is 3.69. The summed E-state index contributed by atoms with van der Waals surface area (Å²) in [5.41, 5.74) is 0.573. The van der Waals surface area contributed by atoms with Crippen molar-refractivity contribution in [1.82, 2.24) is 15.2 Å². The molecular weight excluding hydrogens is 180 g/mol. The van der Waals surface area contributed by atoms with E-state index in [9.17, 15) is 4.79 Å². The SMILES string of the molecule is O=C(Nc1nn[c][nH]1)c1ccccc1. The van der Waals surface area contributed by atoms with E-state index in [4.69, 9.17) is 0 Å². The lowest BCUT2D eigenvalue weighted by Gasteiger charge is -1.99. The molecule has 0 bridgehead atoms. The number of nitrogens with one attached hydrogen (secondary N) is 2. The van der Waals surface area contributed by atoms with Crippen molar-refractivity contribution in [3.8, 4) is 0 Å². The van der Waals surface area contributed by atoms with Crippen LogP contribution < -0.4 is 5.32 Å². The number of benzene rings is 1. The van der Waals surface area contributed by atoms with Gasteiger partial charge in [-0.2, -0.15) is 0 Å². The first kappa shape index (κ1) is 8.43. The molecule has 0 saturated heterocycles. The highest BCUT2D eigenvalue weighted by Gasteiger charge is 2.05. The summed E-state index contributed by atoms with van der Waals surface area (Å²) in [6, 6.07) is 8.87. The van der Waals surface area contributed by atoms with Crippen molar-refractivity contribution < 1.29 is 4.79 Å². The summed E-state index contributed by atoms with van der Waals surface area (Å²) in [6.45, 7) is 0. The Labute approximate surface area is 80.2 Å². The third-order valence-corrected chi connectivity index (χ3v) is 1.64. The summed E-state index contributed by atoms with van der Waals surface area (Å²) >= 11 is 0. The fourth-order valence-corrected chi connectivity index (χ4v) is 1.00. The molecule has 2 aromatic rings. The molecule has 2 rings (SSSR count). The van der Waals surface area contributed by atoms with Gasteiger partial charge < -0.3 is 4.98 Å². The van der Waals surface area contributed by atoms with E-state index in [1.54, 1.807) is 24.3 Å². The monoisotopic (exact) mass is 187 g/mol. The molecule has 0 aliphatic heterocycles. The average Bonchev–Trinajstić information content (AvgIpc) is 2.72. The molecule has 1 heterocycles. The Morgan fingerprint density at radius 1 is 1.36 bits per heavy atom. The Kier molecular flexibility index (Phi) is 2.22. The molecule has 0 aliphatic carbocycles. The lowest BCUT2D eigenvalue weighted by molar-refractivity contribution is 0.102. The van der Waals surface area contributed by atoms with Crippen molar-refractivity contribution in [2.75, 3.05) is 5.32 Å². The van der Waals surface area contributed by atoms with Crippen LogP contribution in [0.15, 0.2) is 30.3 Å². The molecule has 1 aromatic heterocycles. The Bertz CT molecular complexity index is 410. The molecule has 0 unspecified atom stereocenters. The van der Waals surface area contributed by atoms with Gasteiger partial charge in [-0.25, -0.2) is 0 Å². The van der Waals surface area contributed by atoms with E-state index in [1.807, 2.05) is 6.07 Å². The van der Waals surface area contributed by atoms with Crippen LogP contribution in [-0.2, 0) is 0 Å². The van der Waals surface area contributed by atoms with E-state index < -0.39 is 0 Å². The first-order valence-corrected chi connectivity index (χ1v) is 4.01. The molecule has 0 atom stereocenters. The number of carbonyl (C=O) groups excluding carboxylic acids is 1. The van der Waals surface area contributed by atoms with Crippen molar-refractivity contribution in [1.29, 1.82) is 0 Å². The number of hydrogen-bond donors (Lipinski definition) is 2. The normalized spacial score (nSPS) is 9.71. The second-order valence-corrected chi connectivity index (χ2v) is 2.61. The van der Waals surface area contributed by atoms with Crippen LogP contribution in [-0.4, -0.2) is 21.1 Å². The second-order valence-electron chi connectivity index (χ2n) is 2.61. The Balaban J connectivity index is 2.11. The standard InChI is InChI=1S/C9H7N4O/c14-8(7-4-2-1-3-5-7)12-9-10-6-11-13-9/h1-5H,(H2,10,11,12,13,14). The van der Waals surface area contributed by atoms with Gasteiger partial charge in [0.05, 0.1) is 0 Å². The highest BCUT2D eigenvalue weighted by Crippen LogP contribution is 2.01. The molecule has 0 spiro atoms. The molecule has 0 aliphatic rings. The third-order valence-electron chi connectivity index (χ3n) is 1.64. The first-order chi connectivity index (χ1) is 6.86.